The molecule has 0 saturated heterocycles. The Morgan fingerprint density at radius 3 is 2.38 bits per heavy atom. The summed E-state index contributed by atoms with van der Waals surface area (Å²) in [5.41, 5.74) is 2.67. The van der Waals surface area contributed by atoms with Crippen molar-refractivity contribution < 1.29 is 28.5 Å². The number of hydrogen-bond acceptors (Lipinski definition) is 6. The van der Waals surface area contributed by atoms with E-state index in [-0.39, 0.29) is 12.5 Å². The molecule has 7 nitrogen and oxygen atoms in total. The van der Waals surface area contributed by atoms with Crippen LogP contribution in [0.3, 0.4) is 0 Å². The van der Waals surface area contributed by atoms with Crippen LogP contribution in [-0.2, 0) is 17.8 Å². The fraction of sp³-hybridized carbons (Fsp3) is 0.364. The summed E-state index contributed by atoms with van der Waals surface area (Å²) in [6, 6.07) is 8.76. The molecule has 1 amide bonds. The number of carbonyl (C=O) groups is 2. The van der Waals surface area contributed by atoms with Crippen LogP contribution in [0.2, 0.25) is 0 Å². The normalized spacial score (nSPS) is 12.7. The first-order valence-electron chi connectivity index (χ1n) is 9.46. The molecule has 1 heterocycles. The topological polar surface area (TPSA) is 74.3 Å². The molecule has 0 spiro atoms. The number of nitrogens with zero attached hydrogens (tertiary/aromatic N) is 1. The zero-order valence-electron chi connectivity index (χ0n) is 16.9. The van der Waals surface area contributed by atoms with E-state index in [4.69, 9.17) is 18.9 Å². The van der Waals surface area contributed by atoms with E-state index in [0.29, 0.717) is 48.3 Å². The van der Waals surface area contributed by atoms with Crippen molar-refractivity contribution >= 4 is 12.2 Å². The molecule has 29 heavy (non-hydrogen) atoms. The van der Waals surface area contributed by atoms with Crippen molar-refractivity contribution in [3.63, 3.8) is 0 Å². The van der Waals surface area contributed by atoms with E-state index < -0.39 is 0 Å². The van der Waals surface area contributed by atoms with Crippen molar-refractivity contribution in [2.75, 3.05) is 34.0 Å². The Morgan fingerprint density at radius 1 is 1.00 bits per heavy atom. The molecule has 0 aromatic heterocycles. The quantitative estimate of drug-likeness (QED) is 0.636. The Labute approximate surface area is 170 Å². The molecule has 154 valence electrons. The van der Waals surface area contributed by atoms with Gasteiger partial charge >= 0.3 is 0 Å². The average molecular weight is 399 g/mol. The second kappa shape index (κ2) is 9.32. The maximum Gasteiger partial charge on any atom is 0.260 e. The van der Waals surface area contributed by atoms with Crippen LogP contribution >= 0.6 is 0 Å². The second-order valence-electron chi connectivity index (χ2n) is 6.59. The molecule has 1 aliphatic heterocycles. The van der Waals surface area contributed by atoms with Crippen molar-refractivity contribution in [1.82, 2.24) is 4.90 Å². The number of benzene rings is 2. The fourth-order valence-electron chi connectivity index (χ4n) is 3.31. The van der Waals surface area contributed by atoms with Gasteiger partial charge in [0.1, 0.15) is 6.29 Å². The Balaban J connectivity index is 1.68. The van der Waals surface area contributed by atoms with Crippen molar-refractivity contribution in [3.8, 4) is 23.0 Å². The Morgan fingerprint density at radius 2 is 1.72 bits per heavy atom. The number of aldehydes is 1. The van der Waals surface area contributed by atoms with Gasteiger partial charge in [-0.3, -0.25) is 9.59 Å². The standard InChI is InChI=1S/C22H25NO6/c1-4-28-21-9-15(13-24)5-6-18(21)29-14-22(25)23-8-7-16-10-19(26-2)20(27-3)11-17(16)12-23/h5-6,9-11,13H,4,7-8,12,14H2,1-3H3. The highest BCUT2D eigenvalue weighted by molar-refractivity contribution is 5.79. The van der Waals surface area contributed by atoms with Crippen LogP contribution in [0.1, 0.15) is 28.4 Å². The molecule has 0 radical (unpaired) electrons. The second-order valence-corrected chi connectivity index (χ2v) is 6.59. The minimum Gasteiger partial charge on any atom is -0.493 e. The molecule has 2 aromatic carbocycles. The van der Waals surface area contributed by atoms with Crippen molar-refractivity contribution in [2.45, 2.75) is 19.9 Å². The van der Waals surface area contributed by atoms with Gasteiger partial charge in [0.15, 0.2) is 29.6 Å². The predicted octanol–water partition coefficient (Wildman–Crippen LogP) is 2.88. The number of methoxy groups -OCH3 is 2. The van der Waals surface area contributed by atoms with E-state index in [1.54, 1.807) is 37.3 Å². The van der Waals surface area contributed by atoms with Gasteiger partial charge in [-0.05, 0) is 54.8 Å². The smallest absolute Gasteiger partial charge is 0.260 e. The van der Waals surface area contributed by atoms with Gasteiger partial charge in [0.05, 0.1) is 20.8 Å². The molecule has 0 bridgehead atoms. The number of rotatable bonds is 8. The molecule has 0 atom stereocenters. The molecular formula is C22H25NO6. The lowest BCUT2D eigenvalue weighted by Crippen LogP contribution is -2.38. The lowest BCUT2D eigenvalue weighted by molar-refractivity contribution is -0.134. The Bertz CT molecular complexity index is 895. The van der Waals surface area contributed by atoms with Gasteiger partial charge in [0, 0.05) is 18.7 Å². The fourth-order valence-corrected chi connectivity index (χ4v) is 3.31. The number of ether oxygens (including phenoxy) is 4. The largest absolute Gasteiger partial charge is 0.493 e. The van der Waals surface area contributed by atoms with Crippen LogP contribution in [0.25, 0.3) is 0 Å². The minimum absolute atomic E-state index is 0.108. The molecule has 3 rings (SSSR count). The van der Waals surface area contributed by atoms with Gasteiger partial charge in [-0.15, -0.1) is 0 Å². The summed E-state index contributed by atoms with van der Waals surface area (Å²) in [7, 11) is 3.20. The summed E-state index contributed by atoms with van der Waals surface area (Å²) in [5.74, 6) is 2.11. The number of carbonyl (C=O) groups excluding carboxylic acids is 2. The third-order valence-electron chi connectivity index (χ3n) is 4.83. The zero-order valence-corrected chi connectivity index (χ0v) is 16.9. The summed E-state index contributed by atoms with van der Waals surface area (Å²) >= 11 is 0. The highest BCUT2D eigenvalue weighted by Gasteiger charge is 2.23. The molecule has 0 saturated carbocycles. The molecule has 1 aliphatic rings. The third-order valence-corrected chi connectivity index (χ3v) is 4.83. The van der Waals surface area contributed by atoms with E-state index in [0.717, 1.165) is 23.8 Å². The van der Waals surface area contributed by atoms with Crippen LogP contribution in [0.4, 0.5) is 0 Å². The predicted molar refractivity (Wildman–Crippen MR) is 107 cm³/mol. The molecular weight excluding hydrogens is 374 g/mol. The number of fused-ring (bicyclic) bond motifs is 1. The van der Waals surface area contributed by atoms with Gasteiger partial charge in [0.25, 0.3) is 5.91 Å². The SMILES string of the molecule is CCOc1cc(C=O)ccc1OCC(=O)N1CCc2cc(OC)c(OC)cc2C1. The van der Waals surface area contributed by atoms with Crippen molar-refractivity contribution in [1.29, 1.82) is 0 Å². The molecule has 0 aliphatic carbocycles. The molecule has 0 N–H and O–H groups in total. The van der Waals surface area contributed by atoms with Gasteiger partial charge in [0.2, 0.25) is 0 Å². The van der Waals surface area contributed by atoms with Gasteiger partial charge in [-0.25, -0.2) is 0 Å². The summed E-state index contributed by atoms with van der Waals surface area (Å²) in [5, 5.41) is 0. The maximum absolute atomic E-state index is 12.7. The van der Waals surface area contributed by atoms with E-state index >= 15 is 0 Å². The number of hydrogen-bond donors (Lipinski definition) is 0. The van der Waals surface area contributed by atoms with Gasteiger partial charge in [-0.2, -0.15) is 0 Å². The molecule has 7 heteroatoms. The monoisotopic (exact) mass is 399 g/mol. The molecule has 0 fully saturated rings. The summed E-state index contributed by atoms with van der Waals surface area (Å²) in [6.45, 7) is 3.26. The lowest BCUT2D eigenvalue weighted by Gasteiger charge is -2.29. The first-order valence-corrected chi connectivity index (χ1v) is 9.46. The third kappa shape index (κ3) is 4.62. The van der Waals surface area contributed by atoms with E-state index in [1.165, 1.54) is 0 Å². The van der Waals surface area contributed by atoms with Crippen LogP contribution in [0.5, 0.6) is 23.0 Å². The summed E-state index contributed by atoms with van der Waals surface area (Å²) < 4.78 is 21.9. The Hall–Kier alpha value is -3.22. The average Bonchev–Trinajstić information content (AvgIpc) is 2.76. The summed E-state index contributed by atoms with van der Waals surface area (Å²) in [4.78, 5) is 25.4. The van der Waals surface area contributed by atoms with Crippen molar-refractivity contribution in [2.24, 2.45) is 0 Å². The summed E-state index contributed by atoms with van der Waals surface area (Å²) in [6.07, 6.45) is 1.48. The maximum atomic E-state index is 12.7. The molecule has 0 unspecified atom stereocenters. The van der Waals surface area contributed by atoms with Crippen LogP contribution in [0.15, 0.2) is 30.3 Å². The molecule has 2 aromatic rings. The van der Waals surface area contributed by atoms with E-state index in [2.05, 4.69) is 0 Å². The van der Waals surface area contributed by atoms with E-state index in [9.17, 15) is 9.59 Å². The first kappa shape index (κ1) is 20.5. The van der Waals surface area contributed by atoms with Crippen LogP contribution in [0, 0.1) is 0 Å². The first-order chi connectivity index (χ1) is 14.1. The van der Waals surface area contributed by atoms with Gasteiger partial charge in [-0.1, -0.05) is 0 Å². The highest BCUT2D eigenvalue weighted by Crippen LogP contribution is 2.33. The number of amides is 1. The van der Waals surface area contributed by atoms with Gasteiger partial charge < -0.3 is 23.8 Å². The lowest BCUT2D eigenvalue weighted by atomic mass is 9.99. The van der Waals surface area contributed by atoms with Crippen LogP contribution in [-0.4, -0.2) is 51.1 Å². The highest BCUT2D eigenvalue weighted by atomic mass is 16.5. The van der Waals surface area contributed by atoms with Crippen molar-refractivity contribution in [3.05, 3.63) is 47.0 Å². The zero-order chi connectivity index (χ0) is 20.8. The van der Waals surface area contributed by atoms with Crippen LogP contribution < -0.4 is 18.9 Å². The minimum atomic E-state index is -0.118. The Kier molecular flexibility index (Phi) is 6.59. The van der Waals surface area contributed by atoms with E-state index in [1.807, 2.05) is 19.1 Å².